The third-order valence-corrected chi connectivity index (χ3v) is 8.72. The number of fused-ring (bicyclic) bond motifs is 1. The van der Waals surface area contributed by atoms with E-state index >= 15 is 0 Å². The zero-order valence-corrected chi connectivity index (χ0v) is 23.9. The number of carbonyl (C=O) groups excluding carboxylic acids is 1. The molecule has 2 aliphatic rings. The molecule has 38 heavy (non-hydrogen) atoms. The fourth-order valence-corrected chi connectivity index (χ4v) is 6.85. The monoisotopic (exact) mass is 523 g/mol. The lowest BCUT2D eigenvalue weighted by Crippen LogP contribution is -2.48. The van der Waals surface area contributed by atoms with E-state index in [0.717, 1.165) is 40.7 Å². The molecule has 1 saturated heterocycles. The summed E-state index contributed by atoms with van der Waals surface area (Å²) >= 11 is 1.48. The van der Waals surface area contributed by atoms with Crippen LogP contribution in [0.15, 0.2) is 82.7 Å². The van der Waals surface area contributed by atoms with Crippen molar-refractivity contribution in [2.45, 2.75) is 58.9 Å². The molecule has 3 aromatic rings. The number of hydrogen-bond donors (Lipinski definition) is 0. The minimum absolute atomic E-state index is 0.0297. The molecule has 2 heterocycles. The second-order valence-corrected chi connectivity index (χ2v) is 12.0. The zero-order chi connectivity index (χ0) is 26.9. The maximum Gasteiger partial charge on any atom is 0.266 e. The molecule has 196 valence electrons. The first-order valence-electron chi connectivity index (χ1n) is 13.6. The SMILES string of the molecule is CCN1c2cc(C)c(/C=C3/SC(=Nc4ccccc4)N(CCc4ccccc4)C3=O)cc2C(C)CC1(C)C. The highest BCUT2D eigenvalue weighted by molar-refractivity contribution is 8.18. The maximum atomic E-state index is 13.7. The minimum atomic E-state index is 0.0297. The van der Waals surface area contributed by atoms with Crippen LogP contribution in [0.1, 0.15) is 62.3 Å². The molecule has 2 aliphatic heterocycles. The Labute approximate surface area is 231 Å². The molecule has 3 aromatic carbocycles. The van der Waals surface area contributed by atoms with Crippen molar-refractivity contribution >= 4 is 40.3 Å². The van der Waals surface area contributed by atoms with E-state index in [1.54, 1.807) is 0 Å². The van der Waals surface area contributed by atoms with E-state index in [1.807, 2.05) is 53.4 Å². The largest absolute Gasteiger partial charge is 0.366 e. The van der Waals surface area contributed by atoms with Gasteiger partial charge in [-0.2, -0.15) is 0 Å². The van der Waals surface area contributed by atoms with Crippen molar-refractivity contribution in [3.63, 3.8) is 0 Å². The van der Waals surface area contributed by atoms with Gasteiger partial charge in [-0.05, 0) is 111 Å². The Kier molecular flexibility index (Phi) is 7.49. The Bertz CT molecular complexity index is 1380. The summed E-state index contributed by atoms with van der Waals surface area (Å²) in [6, 6.07) is 24.8. The normalized spacial score (nSPS) is 20.9. The van der Waals surface area contributed by atoms with Crippen LogP contribution in [0.4, 0.5) is 11.4 Å². The summed E-state index contributed by atoms with van der Waals surface area (Å²) in [7, 11) is 0. The summed E-state index contributed by atoms with van der Waals surface area (Å²) < 4.78 is 0. The van der Waals surface area contributed by atoms with Gasteiger partial charge >= 0.3 is 0 Å². The molecule has 0 N–H and O–H groups in total. The van der Waals surface area contributed by atoms with Crippen molar-refractivity contribution < 1.29 is 4.79 Å². The van der Waals surface area contributed by atoms with Gasteiger partial charge in [-0.3, -0.25) is 9.69 Å². The molecule has 0 radical (unpaired) electrons. The van der Waals surface area contributed by atoms with Gasteiger partial charge in [0.15, 0.2) is 5.17 Å². The van der Waals surface area contributed by atoms with Crippen LogP contribution in [0.5, 0.6) is 0 Å². The smallest absolute Gasteiger partial charge is 0.266 e. The van der Waals surface area contributed by atoms with Crippen LogP contribution in [0.25, 0.3) is 6.08 Å². The topological polar surface area (TPSA) is 35.9 Å². The Morgan fingerprint density at radius 1 is 1.05 bits per heavy atom. The van der Waals surface area contributed by atoms with Crippen LogP contribution >= 0.6 is 11.8 Å². The molecule has 4 nitrogen and oxygen atoms in total. The second kappa shape index (κ2) is 10.8. The number of amidine groups is 1. The lowest BCUT2D eigenvalue weighted by Gasteiger charge is -2.47. The summed E-state index contributed by atoms with van der Waals surface area (Å²) in [6.07, 6.45) is 3.97. The quantitative estimate of drug-likeness (QED) is 0.308. The number of amides is 1. The zero-order valence-electron chi connectivity index (χ0n) is 23.1. The van der Waals surface area contributed by atoms with Crippen LogP contribution in [0, 0.1) is 6.92 Å². The lowest BCUT2D eigenvalue weighted by atomic mass is 9.79. The first-order valence-corrected chi connectivity index (χ1v) is 14.4. The van der Waals surface area contributed by atoms with Gasteiger partial charge in [0.1, 0.15) is 0 Å². The number of hydrogen-bond acceptors (Lipinski definition) is 4. The van der Waals surface area contributed by atoms with Crippen molar-refractivity contribution in [2.24, 2.45) is 4.99 Å². The fraction of sp³-hybridized carbons (Fsp3) is 0.333. The average molecular weight is 524 g/mol. The standard InChI is InChI=1S/C33H37N3OS/c1-6-36-29-19-23(2)26(20-28(29)24(3)22-33(36,4)5)21-30-31(37)35(18-17-25-13-9-7-10-14-25)32(38-30)34-27-15-11-8-12-16-27/h7-16,19-21,24H,6,17-18,22H2,1-5H3/b30-21+,34-32?. The third-order valence-electron chi connectivity index (χ3n) is 7.71. The van der Waals surface area contributed by atoms with Gasteiger partial charge in [0.2, 0.25) is 0 Å². The highest BCUT2D eigenvalue weighted by Crippen LogP contribution is 2.45. The highest BCUT2D eigenvalue weighted by atomic mass is 32.2. The van der Waals surface area contributed by atoms with Gasteiger partial charge in [0.05, 0.1) is 10.6 Å². The second-order valence-electron chi connectivity index (χ2n) is 11.0. The van der Waals surface area contributed by atoms with Crippen molar-refractivity contribution in [1.82, 2.24) is 4.90 Å². The third kappa shape index (κ3) is 5.30. The number of anilines is 1. The molecule has 5 heteroatoms. The van der Waals surface area contributed by atoms with Gasteiger partial charge in [-0.25, -0.2) is 4.99 Å². The number of carbonyl (C=O) groups is 1. The van der Waals surface area contributed by atoms with E-state index in [2.05, 4.69) is 69.9 Å². The number of thioether (sulfide) groups is 1. The molecule has 0 bridgehead atoms. The number of rotatable bonds is 6. The van der Waals surface area contributed by atoms with Crippen LogP contribution in [0.3, 0.4) is 0 Å². The van der Waals surface area contributed by atoms with Crippen LogP contribution in [-0.4, -0.2) is 34.6 Å². The van der Waals surface area contributed by atoms with E-state index in [0.29, 0.717) is 12.5 Å². The Balaban J connectivity index is 1.49. The first-order chi connectivity index (χ1) is 18.3. The Hall–Kier alpha value is -3.31. The van der Waals surface area contributed by atoms with Crippen molar-refractivity contribution in [2.75, 3.05) is 18.0 Å². The minimum Gasteiger partial charge on any atom is -0.366 e. The fourth-order valence-electron chi connectivity index (χ4n) is 5.83. The molecule has 0 aliphatic carbocycles. The van der Waals surface area contributed by atoms with E-state index in [-0.39, 0.29) is 11.4 Å². The molecule has 1 fully saturated rings. The number of para-hydroxylation sites is 1. The van der Waals surface area contributed by atoms with Gasteiger partial charge in [-0.15, -0.1) is 0 Å². The van der Waals surface area contributed by atoms with E-state index in [1.165, 1.54) is 34.1 Å². The number of aliphatic imine (C=N–C) groups is 1. The highest BCUT2D eigenvalue weighted by Gasteiger charge is 2.36. The molecular formula is C33H37N3OS. The van der Waals surface area contributed by atoms with Crippen molar-refractivity contribution in [3.8, 4) is 0 Å². The van der Waals surface area contributed by atoms with E-state index in [4.69, 9.17) is 4.99 Å². The lowest BCUT2D eigenvalue weighted by molar-refractivity contribution is -0.122. The first kappa shape index (κ1) is 26.3. The van der Waals surface area contributed by atoms with E-state index < -0.39 is 0 Å². The Morgan fingerprint density at radius 2 is 1.74 bits per heavy atom. The molecule has 0 aromatic heterocycles. The number of benzene rings is 3. The molecule has 1 unspecified atom stereocenters. The Morgan fingerprint density at radius 3 is 2.42 bits per heavy atom. The van der Waals surface area contributed by atoms with Gasteiger partial charge in [0.25, 0.3) is 5.91 Å². The average Bonchev–Trinajstić information content (AvgIpc) is 3.18. The summed E-state index contributed by atoms with van der Waals surface area (Å²) in [4.78, 5) is 23.7. The van der Waals surface area contributed by atoms with Crippen LogP contribution < -0.4 is 4.90 Å². The molecule has 0 saturated carbocycles. The van der Waals surface area contributed by atoms with Gasteiger partial charge in [-0.1, -0.05) is 55.5 Å². The van der Waals surface area contributed by atoms with Crippen LogP contribution in [0.2, 0.25) is 0 Å². The summed E-state index contributed by atoms with van der Waals surface area (Å²) in [6.45, 7) is 13.0. The summed E-state index contributed by atoms with van der Waals surface area (Å²) in [5.74, 6) is 0.493. The van der Waals surface area contributed by atoms with Gasteiger partial charge in [0, 0.05) is 24.3 Å². The van der Waals surface area contributed by atoms with Crippen molar-refractivity contribution in [3.05, 3.63) is 100.0 Å². The predicted molar refractivity (Wildman–Crippen MR) is 162 cm³/mol. The van der Waals surface area contributed by atoms with Crippen LogP contribution in [-0.2, 0) is 11.2 Å². The molecule has 0 spiro atoms. The number of nitrogens with zero attached hydrogens (tertiary/aromatic N) is 3. The molecule has 1 amide bonds. The molecule has 1 atom stereocenters. The number of aryl methyl sites for hydroxylation is 1. The predicted octanol–water partition coefficient (Wildman–Crippen LogP) is 7.95. The maximum absolute atomic E-state index is 13.7. The molecular weight excluding hydrogens is 486 g/mol. The van der Waals surface area contributed by atoms with E-state index in [9.17, 15) is 4.79 Å². The van der Waals surface area contributed by atoms with Gasteiger partial charge < -0.3 is 4.90 Å². The summed E-state index contributed by atoms with van der Waals surface area (Å²) in [5, 5.41) is 0.742. The van der Waals surface area contributed by atoms with Crippen molar-refractivity contribution in [1.29, 1.82) is 0 Å². The summed E-state index contributed by atoms with van der Waals surface area (Å²) in [5.41, 5.74) is 7.21. The molecule has 5 rings (SSSR count).